The fraction of sp³-hybridized carbons (Fsp3) is 0.286. The number of fused-ring (bicyclic) bond motifs is 1. The van der Waals surface area contributed by atoms with Crippen LogP contribution in [0, 0.1) is 11.8 Å². The van der Waals surface area contributed by atoms with Crippen LogP contribution in [0.25, 0.3) is 0 Å². The first-order valence-corrected chi connectivity index (χ1v) is 9.86. The predicted molar refractivity (Wildman–Crippen MR) is 106 cm³/mol. The fourth-order valence-electron chi connectivity index (χ4n) is 3.90. The Morgan fingerprint density at radius 1 is 0.929 bits per heavy atom. The van der Waals surface area contributed by atoms with Crippen LogP contribution in [0.1, 0.15) is 36.0 Å². The molecule has 0 radical (unpaired) electrons. The lowest BCUT2D eigenvalue weighted by Gasteiger charge is -2.19. The van der Waals surface area contributed by atoms with E-state index in [-0.39, 0.29) is 40.0 Å². The fourth-order valence-corrected chi connectivity index (χ4v) is 4.38. The molecule has 2 aromatic carbocycles. The van der Waals surface area contributed by atoms with E-state index in [1.54, 1.807) is 30.3 Å². The quantitative estimate of drug-likeness (QED) is 0.405. The zero-order valence-corrected chi connectivity index (χ0v) is 16.4. The van der Waals surface area contributed by atoms with Crippen LogP contribution in [0.3, 0.4) is 0 Å². The summed E-state index contributed by atoms with van der Waals surface area (Å²) in [5.74, 6) is -0.999. The van der Waals surface area contributed by atoms with Gasteiger partial charge in [0.15, 0.2) is 0 Å². The lowest BCUT2D eigenvalue weighted by molar-refractivity contribution is -0.122. The zero-order valence-electron chi connectivity index (χ0n) is 14.9. The van der Waals surface area contributed by atoms with Crippen LogP contribution in [0.15, 0.2) is 42.5 Å². The second-order valence-electron chi connectivity index (χ2n) is 7.02. The van der Waals surface area contributed by atoms with E-state index in [9.17, 15) is 14.4 Å². The number of benzene rings is 2. The number of anilines is 1. The number of carbonyl (C=O) groups is 3. The van der Waals surface area contributed by atoms with E-state index < -0.39 is 5.97 Å². The SMILES string of the molecule is O=C(Oc1ccc(N2C(=O)C3CCCCC3C2=O)cc1)c1ccc(Cl)cc1Cl. The van der Waals surface area contributed by atoms with E-state index in [1.807, 2.05) is 0 Å². The smallest absolute Gasteiger partial charge is 0.345 e. The molecule has 2 unspecified atom stereocenters. The lowest BCUT2D eigenvalue weighted by atomic mass is 9.81. The number of carbonyl (C=O) groups excluding carboxylic acids is 3. The molecular formula is C21H17Cl2NO4. The molecule has 2 fully saturated rings. The van der Waals surface area contributed by atoms with Crippen LogP contribution in [0.5, 0.6) is 5.75 Å². The number of esters is 1. The van der Waals surface area contributed by atoms with Crippen molar-refractivity contribution in [3.8, 4) is 5.75 Å². The normalized spacial score (nSPS) is 21.6. The van der Waals surface area contributed by atoms with Crippen molar-refractivity contribution in [3.63, 3.8) is 0 Å². The van der Waals surface area contributed by atoms with Crippen molar-refractivity contribution in [2.45, 2.75) is 25.7 Å². The van der Waals surface area contributed by atoms with Crippen LogP contribution in [0.4, 0.5) is 5.69 Å². The van der Waals surface area contributed by atoms with Crippen molar-refractivity contribution >= 4 is 46.7 Å². The molecule has 5 nitrogen and oxygen atoms in total. The molecule has 1 aliphatic heterocycles. The third-order valence-corrected chi connectivity index (χ3v) is 5.85. The summed E-state index contributed by atoms with van der Waals surface area (Å²) in [7, 11) is 0. The van der Waals surface area contributed by atoms with E-state index in [4.69, 9.17) is 27.9 Å². The van der Waals surface area contributed by atoms with Gasteiger partial charge in [0.1, 0.15) is 5.75 Å². The molecule has 4 rings (SSSR count). The van der Waals surface area contributed by atoms with Crippen molar-refractivity contribution in [2.75, 3.05) is 4.90 Å². The molecule has 0 N–H and O–H groups in total. The molecule has 2 aromatic rings. The summed E-state index contributed by atoms with van der Waals surface area (Å²) in [6.45, 7) is 0. The molecule has 7 heteroatoms. The Hall–Kier alpha value is -2.37. The highest BCUT2D eigenvalue weighted by Gasteiger charge is 2.48. The third-order valence-electron chi connectivity index (χ3n) is 5.30. The van der Waals surface area contributed by atoms with Crippen LogP contribution in [0.2, 0.25) is 10.0 Å². The highest BCUT2D eigenvalue weighted by Crippen LogP contribution is 2.40. The molecular weight excluding hydrogens is 401 g/mol. The Morgan fingerprint density at radius 2 is 1.54 bits per heavy atom. The molecule has 0 bridgehead atoms. The minimum atomic E-state index is -0.617. The molecule has 28 heavy (non-hydrogen) atoms. The highest BCUT2D eigenvalue weighted by molar-refractivity contribution is 6.36. The second-order valence-corrected chi connectivity index (χ2v) is 7.86. The topological polar surface area (TPSA) is 63.7 Å². The van der Waals surface area contributed by atoms with Crippen molar-refractivity contribution in [3.05, 3.63) is 58.1 Å². The van der Waals surface area contributed by atoms with Crippen LogP contribution >= 0.6 is 23.2 Å². The van der Waals surface area contributed by atoms with Crippen LogP contribution in [-0.2, 0) is 9.59 Å². The number of nitrogens with zero attached hydrogens (tertiary/aromatic N) is 1. The Kier molecular flexibility index (Phi) is 5.13. The van der Waals surface area contributed by atoms with Gasteiger partial charge in [0.2, 0.25) is 11.8 Å². The molecule has 0 aromatic heterocycles. The number of imide groups is 1. The lowest BCUT2D eigenvalue weighted by Crippen LogP contribution is -2.30. The second kappa shape index (κ2) is 7.57. The first kappa shape index (κ1) is 19.0. The number of hydrogen-bond acceptors (Lipinski definition) is 4. The molecule has 2 aliphatic rings. The van der Waals surface area contributed by atoms with Crippen molar-refractivity contribution in [1.82, 2.24) is 0 Å². The van der Waals surface area contributed by atoms with Crippen molar-refractivity contribution in [1.29, 1.82) is 0 Å². The molecule has 1 aliphatic carbocycles. The standard InChI is InChI=1S/C21H17Cl2NO4/c22-12-5-10-17(18(23)11-12)21(27)28-14-8-6-13(7-9-14)24-19(25)15-3-1-2-4-16(15)20(24)26/h5-11,15-16H,1-4H2. The van der Waals surface area contributed by atoms with E-state index in [0.29, 0.717) is 10.7 Å². The Labute approximate surface area is 172 Å². The van der Waals surface area contributed by atoms with Gasteiger partial charge < -0.3 is 4.74 Å². The molecule has 1 saturated carbocycles. The van der Waals surface area contributed by atoms with Crippen molar-refractivity contribution in [2.24, 2.45) is 11.8 Å². The van der Waals surface area contributed by atoms with E-state index >= 15 is 0 Å². The molecule has 2 atom stereocenters. The first-order valence-electron chi connectivity index (χ1n) is 9.11. The molecule has 2 amide bonds. The van der Waals surface area contributed by atoms with Crippen LogP contribution in [-0.4, -0.2) is 17.8 Å². The first-order chi connectivity index (χ1) is 13.5. The summed E-state index contributed by atoms with van der Waals surface area (Å²) in [5, 5.41) is 0.622. The van der Waals surface area contributed by atoms with Crippen molar-refractivity contribution < 1.29 is 19.1 Å². The van der Waals surface area contributed by atoms with E-state index in [1.165, 1.54) is 17.0 Å². The Balaban J connectivity index is 1.50. The minimum Gasteiger partial charge on any atom is -0.423 e. The number of amides is 2. The minimum absolute atomic E-state index is 0.132. The zero-order chi connectivity index (χ0) is 19.8. The molecule has 144 valence electrons. The Bertz CT molecular complexity index is 933. The van der Waals surface area contributed by atoms with Gasteiger partial charge in [-0.3, -0.25) is 14.5 Å². The Morgan fingerprint density at radius 3 is 2.11 bits per heavy atom. The van der Waals surface area contributed by atoms with Gasteiger partial charge in [-0.05, 0) is 55.3 Å². The predicted octanol–water partition coefficient (Wildman–Crippen LogP) is 4.89. The van der Waals surface area contributed by atoms with E-state index in [2.05, 4.69) is 0 Å². The van der Waals surface area contributed by atoms with Crippen LogP contribution < -0.4 is 9.64 Å². The monoisotopic (exact) mass is 417 g/mol. The number of halogens is 2. The average molecular weight is 418 g/mol. The maximum Gasteiger partial charge on any atom is 0.345 e. The summed E-state index contributed by atoms with van der Waals surface area (Å²) in [4.78, 5) is 38.9. The van der Waals surface area contributed by atoms with Gasteiger partial charge in [0.05, 0.1) is 28.1 Å². The largest absolute Gasteiger partial charge is 0.423 e. The molecule has 1 heterocycles. The molecule has 0 spiro atoms. The van der Waals surface area contributed by atoms with Gasteiger partial charge in [0, 0.05) is 5.02 Å². The summed E-state index contributed by atoms with van der Waals surface area (Å²) < 4.78 is 5.33. The van der Waals surface area contributed by atoms with Gasteiger partial charge in [0.25, 0.3) is 0 Å². The van der Waals surface area contributed by atoms with Gasteiger partial charge in [-0.15, -0.1) is 0 Å². The van der Waals surface area contributed by atoms with Gasteiger partial charge >= 0.3 is 5.97 Å². The summed E-state index contributed by atoms with van der Waals surface area (Å²) in [6.07, 6.45) is 3.50. The maximum atomic E-state index is 12.7. The molecule has 1 saturated heterocycles. The average Bonchev–Trinajstić information content (AvgIpc) is 2.93. The van der Waals surface area contributed by atoms with Gasteiger partial charge in [-0.25, -0.2) is 4.79 Å². The third kappa shape index (κ3) is 3.40. The number of ether oxygens (including phenoxy) is 1. The van der Waals surface area contributed by atoms with E-state index in [0.717, 1.165) is 25.7 Å². The summed E-state index contributed by atoms with van der Waals surface area (Å²) >= 11 is 11.9. The van der Waals surface area contributed by atoms with Gasteiger partial charge in [-0.2, -0.15) is 0 Å². The number of hydrogen-bond donors (Lipinski definition) is 0. The number of rotatable bonds is 3. The highest BCUT2D eigenvalue weighted by atomic mass is 35.5. The summed E-state index contributed by atoms with van der Waals surface area (Å²) in [5.41, 5.74) is 0.692. The van der Waals surface area contributed by atoms with Gasteiger partial charge in [-0.1, -0.05) is 36.0 Å². The maximum absolute atomic E-state index is 12.7. The summed E-state index contributed by atoms with van der Waals surface area (Å²) in [6, 6.07) is 10.8.